The van der Waals surface area contributed by atoms with Crippen molar-refractivity contribution in [3.8, 4) is 0 Å². The highest BCUT2D eigenvalue weighted by molar-refractivity contribution is 6.45. The maximum absolute atomic E-state index is 13.6. The van der Waals surface area contributed by atoms with Crippen molar-refractivity contribution in [3.05, 3.63) is 71.8 Å². The Balaban J connectivity index is 2.95. The lowest BCUT2D eigenvalue weighted by atomic mass is 9.68. The number of carbonyl (C=O) groups is 7. The lowest BCUT2D eigenvalue weighted by Gasteiger charge is -2.47. The molecule has 2 aromatic rings. The molecule has 0 aliphatic rings. The largest absolute Gasteiger partial charge is 0.439 e. The van der Waals surface area contributed by atoms with Gasteiger partial charge in [0.05, 0.1) is 17.7 Å². The van der Waals surface area contributed by atoms with E-state index in [1.165, 1.54) is 54.6 Å². The molecule has 218 valence electrons. The molecule has 2 aromatic carbocycles. The van der Waals surface area contributed by atoms with Gasteiger partial charge in [0.25, 0.3) is 17.0 Å². The molecule has 4 atom stereocenters. The van der Waals surface area contributed by atoms with Crippen molar-refractivity contribution in [2.24, 2.45) is 0 Å². The molecule has 0 aliphatic heterocycles. The molecule has 0 unspecified atom stereocenters. The van der Waals surface area contributed by atoms with E-state index in [4.69, 9.17) is 19.2 Å². The molecule has 0 aliphatic carbocycles. The molecule has 0 spiro atoms. The fraction of sp³-hybridized carbons (Fsp3) is 0.321. The minimum atomic E-state index is -3.61. The Morgan fingerprint density at radius 1 is 0.732 bits per heavy atom. The third kappa shape index (κ3) is 6.60. The predicted octanol–water partition coefficient (Wildman–Crippen LogP) is 0.731. The number of carbonyl (C=O) groups excluding carboxylic acids is 7. The number of hydrogen-bond donors (Lipinski definition) is 2. The number of aliphatic hydroxyl groups excluding tert-OH is 2. The Labute approximate surface area is 233 Å². The zero-order chi connectivity index (χ0) is 31.0. The lowest BCUT2D eigenvalue weighted by Crippen LogP contribution is -2.77. The van der Waals surface area contributed by atoms with E-state index in [1.807, 2.05) is 0 Å². The second kappa shape index (κ2) is 13.7. The van der Waals surface area contributed by atoms with Crippen molar-refractivity contribution in [2.75, 3.05) is 6.61 Å². The molecule has 0 fully saturated rings. The molecule has 13 heteroatoms. The molecule has 0 aromatic heterocycles. The van der Waals surface area contributed by atoms with E-state index in [0.717, 1.165) is 6.92 Å². The van der Waals surface area contributed by atoms with Crippen LogP contribution in [-0.4, -0.2) is 81.3 Å². The molecule has 0 bridgehead atoms. The third-order valence-electron chi connectivity index (χ3n) is 5.92. The fourth-order valence-electron chi connectivity index (χ4n) is 4.09. The van der Waals surface area contributed by atoms with E-state index in [1.54, 1.807) is 6.07 Å². The average Bonchev–Trinajstić information content (AvgIpc) is 2.94. The van der Waals surface area contributed by atoms with Gasteiger partial charge in [0.1, 0.15) is 6.10 Å². The molecule has 2 rings (SSSR count). The van der Waals surface area contributed by atoms with Crippen molar-refractivity contribution in [2.45, 2.75) is 51.1 Å². The molecule has 13 nitrogen and oxygen atoms in total. The average molecular weight is 573 g/mol. The van der Waals surface area contributed by atoms with Gasteiger partial charge >= 0.3 is 17.9 Å². The number of hydrogen-bond acceptors (Lipinski definition) is 13. The fourth-order valence-corrected chi connectivity index (χ4v) is 4.09. The molecule has 0 amide bonds. The Morgan fingerprint density at radius 3 is 1.61 bits per heavy atom. The van der Waals surface area contributed by atoms with Crippen molar-refractivity contribution >= 4 is 41.0 Å². The van der Waals surface area contributed by atoms with Crippen molar-refractivity contribution in [3.63, 3.8) is 0 Å². The number of rotatable bonds is 14. The van der Waals surface area contributed by atoms with Crippen LogP contribution in [0.4, 0.5) is 0 Å². The Hall–Kier alpha value is -4.59. The van der Waals surface area contributed by atoms with Crippen molar-refractivity contribution in [1.29, 1.82) is 0 Å². The second-order valence-electron chi connectivity index (χ2n) is 8.77. The number of ether oxygens (including phenoxy) is 2. The molecule has 0 saturated carbocycles. The summed E-state index contributed by atoms with van der Waals surface area (Å²) in [5, 5.41) is 20.7. The van der Waals surface area contributed by atoms with E-state index in [2.05, 4.69) is 0 Å². The van der Waals surface area contributed by atoms with Crippen LogP contribution in [0.3, 0.4) is 0 Å². The van der Waals surface area contributed by atoms with E-state index >= 15 is 0 Å². The summed E-state index contributed by atoms with van der Waals surface area (Å²) in [4.78, 5) is 101. The summed E-state index contributed by atoms with van der Waals surface area (Å²) in [6, 6.07) is 13.9. The summed E-state index contributed by atoms with van der Waals surface area (Å²) in [5.74, 6) is -10.3. The first kappa shape index (κ1) is 32.6. The van der Waals surface area contributed by atoms with Gasteiger partial charge in [0.15, 0.2) is 23.5 Å². The summed E-state index contributed by atoms with van der Waals surface area (Å²) in [6.07, 6.45) is -4.99. The zero-order valence-electron chi connectivity index (χ0n) is 22.5. The van der Waals surface area contributed by atoms with Crippen LogP contribution in [0, 0.1) is 0 Å². The van der Waals surface area contributed by atoms with E-state index in [-0.39, 0.29) is 11.1 Å². The first-order valence-corrected chi connectivity index (χ1v) is 12.0. The highest BCUT2D eigenvalue weighted by Gasteiger charge is 2.75. The van der Waals surface area contributed by atoms with Gasteiger partial charge in [-0.15, -0.1) is 0 Å². The van der Waals surface area contributed by atoms with Gasteiger partial charge in [-0.1, -0.05) is 36.4 Å². The van der Waals surface area contributed by atoms with Crippen LogP contribution in [0.25, 0.3) is 0 Å². The van der Waals surface area contributed by atoms with Crippen LogP contribution in [0.5, 0.6) is 0 Å². The highest BCUT2D eigenvalue weighted by Crippen LogP contribution is 2.41. The quantitative estimate of drug-likeness (QED) is 0.106. The molecular formula is C28H28O13. The van der Waals surface area contributed by atoms with Crippen LogP contribution in [-0.2, 0) is 43.2 Å². The molecule has 2 N–H and O–H groups in total. The molecule has 0 heterocycles. The Bertz CT molecular complexity index is 1320. The minimum absolute atomic E-state index is 0.0999. The summed E-state index contributed by atoms with van der Waals surface area (Å²) in [7, 11) is 0. The van der Waals surface area contributed by atoms with Crippen LogP contribution >= 0.6 is 0 Å². The van der Waals surface area contributed by atoms with Crippen molar-refractivity contribution in [1.82, 2.24) is 0 Å². The standard InChI is InChI=1S/C28H28O13/c1-16(30)23(35)27(17(2)31,38-19(4)33)28(18(3)32,39-25(36)20-11-7-5-8-12-20)24(22(34)15-29)40-41-26(37)21-13-9-6-10-14-21/h5-14,22,24,29,34H,15H2,1-4H3/t22-,24-,27+,28+/m1/s1. The zero-order valence-corrected chi connectivity index (χ0v) is 22.5. The first-order valence-electron chi connectivity index (χ1n) is 12.0. The highest BCUT2D eigenvalue weighted by atomic mass is 17.2. The number of esters is 2. The van der Waals surface area contributed by atoms with Gasteiger partial charge in [-0.3, -0.25) is 28.9 Å². The minimum Gasteiger partial charge on any atom is -0.439 e. The predicted molar refractivity (Wildman–Crippen MR) is 136 cm³/mol. The Morgan fingerprint density at radius 2 is 1.22 bits per heavy atom. The van der Waals surface area contributed by atoms with Gasteiger partial charge in [0, 0.05) is 13.8 Å². The topological polar surface area (TPSA) is 197 Å². The number of Topliss-reactive ketones (excluding diaryl/α,β-unsaturated/α-hetero) is 4. The monoisotopic (exact) mass is 572 g/mol. The second-order valence-corrected chi connectivity index (χ2v) is 8.77. The molecule has 0 radical (unpaired) electrons. The first-order chi connectivity index (χ1) is 19.3. The van der Waals surface area contributed by atoms with Gasteiger partial charge in [0.2, 0.25) is 0 Å². The van der Waals surface area contributed by atoms with E-state index in [9.17, 15) is 43.8 Å². The number of aliphatic hydroxyl groups is 2. The number of benzene rings is 2. The van der Waals surface area contributed by atoms with Crippen molar-refractivity contribution < 1.29 is 63.0 Å². The van der Waals surface area contributed by atoms with E-state index < -0.39 is 71.1 Å². The number of ketones is 4. The van der Waals surface area contributed by atoms with Crippen LogP contribution in [0.15, 0.2) is 60.7 Å². The lowest BCUT2D eigenvalue weighted by molar-refractivity contribution is -0.336. The summed E-state index contributed by atoms with van der Waals surface area (Å²) >= 11 is 0. The van der Waals surface area contributed by atoms with Gasteiger partial charge in [-0.2, -0.15) is 4.89 Å². The van der Waals surface area contributed by atoms with Crippen LogP contribution in [0.1, 0.15) is 48.4 Å². The van der Waals surface area contributed by atoms with E-state index in [0.29, 0.717) is 20.8 Å². The van der Waals surface area contributed by atoms with Crippen LogP contribution in [0.2, 0.25) is 0 Å². The summed E-state index contributed by atoms with van der Waals surface area (Å²) in [6.45, 7) is 1.43. The van der Waals surface area contributed by atoms with Crippen LogP contribution < -0.4 is 0 Å². The molecular weight excluding hydrogens is 544 g/mol. The SMILES string of the molecule is CC(=O)O[C@@](C(C)=O)(C(=O)C(C)=O)[C@](OC(=O)c1ccccc1)(C(C)=O)[C@H](OOC(=O)c1ccccc1)[C@H](O)CO. The van der Waals surface area contributed by atoms with Gasteiger partial charge in [-0.05, 0) is 38.1 Å². The summed E-state index contributed by atoms with van der Waals surface area (Å²) in [5.41, 5.74) is -7.51. The maximum Gasteiger partial charge on any atom is 0.373 e. The molecule has 41 heavy (non-hydrogen) atoms. The van der Waals surface area contributed by atoms with Gasteiger partial charge in [-0.25, -0.2) is 9.59 Å². The summed E-state index contributed by atoms with van der Waals surface area (Å²) < 4.78 is 10.5. The van der Waals surface area contributed by atoms with Gasteiger partial charge < -0.3 is 19.7 Å². The molecule has 0 saturated heterocycles. The third-order valence-corrected chi connectivity index (χ3v) is 5.92. The normalized spacial score (nSPS) is 15.2. The maximum atomic E-state index is 13.6. The smallest absolute Gasteiger partial charge is 0.373 e. The Kier molecular flexibility index (Phi) is 10.9.